The first-order valence-electron chi connectivity index (χ1n) is 12.3. The Morgan fingerprint density at radius 3 is 2.56 bits per heavy atom. The van der Waals surface area contributed by atoms with E-state index >= 15 is 0 Å². The van der Waals surface area contributed by atoms with Crippen molar-refractivity contribution in [1.29, 1.82) is 0 Å². The summed E-state index contributed by atoms with van der Waals surface area (Å²) >= 11 is 5.75. The van der Waals surface area contributed by atoms with Crippen molar-refractivity contribution in [3.05, 3.63) is 98.3 Å². The van der Waals surface area contributed by atoms with Crippen LogP contribution in [0.1, 0.15) is 44.9 Å². The topological polar surface area (TPSA) is 79.1 Å². The summed E-state index contributed by atoms with van der Waals surface area (Å²) in [6, 6.07) is 10.7. The van der Waals surface area contributed by atoms with E-state index in [4.69, 9.17) is 14.2 Å². The van der Waals surface area contributed by atoms with Gasteiger partial charge in [0.25, 0.3) is 5.56 Å². The molecule has 10 heteroatoms. The molecule has 1 atom stereocenters. The molecule has 1 aromatic heterocycles. The van der Waals surface area contributed by atoms with Gasteiger partial charge >= 0.3 is 5.97 Å². The van der Waals surface area contributed by atoms with Gasteiger partial charge in [0, 0.05) is 5.56 Å². The number of ether oxygens (including phenoxy) is 3. The number of benzene rings is 2. The van der Waals surface area contributed by atoms with Gasteiger partial charge in [0.2, 0.25) is 0 Å². The lowest BCUT2D eigenvalue weighted by Crippen LogP contribution is -2.40. The Morgan fingerprint density at radius 1 is 1.23 bits per heavy atom. The van der Waals surface area contributed by atoms with E-state index in [-0.39, 0.29) is 18.3 Å². The number of allylic oxidation sites excluding steroid dienone is 1. The van der Waals surface area contributed by atoms with E-state index in [1.54, 1.807) is 24.5 Å². The fourth-order valence-electron chi connectivity index (χ4n) is 4.25. The van der Waals surface area contributed by atoms with Crippen LogP contribution < -0.4 is 24.4 Å². The normalized spacial score (nSPS) is 15.2. The first-order chi connectivity index (χ1) is 18.7. The zero-order chi connectivity index (χ0) is 28.3. The highest BCUT2D eigenvalue weighted by molar-refractivity contribution is 14.1. The van der Waals surface area contributed by atoms with E-state index in [9.17, 15) is 9.59 Å². The van der Waals surface area contributed by atoms with Gasteiger partial charge in [0.05, 0.1) is 35.7 Å². The summed E-state index contributed by atoms with van der Waals surface area (Å²) in [7, 11) is 0. The molecule has 0 unspecified atom stereocenters. The van der Waals surface area contributed by atoms with Crippen LogP contribution in [0.3, 0.4) is 0 Å². The predicted molar refractivity (Wildman–Crippen MR) is 170 cm³/mol. The lowest BCUT2D eigenvalue weighted by atomic mass is 9.95. The molecule has 0 bridgehead atoms. The molecule has 0 radical (unpaired) electrons. The monoisotopic (exact) mass is 770 g/mol. The first-order valence-corrected chi connectivity index (χ1v) is 15.3. The van der Waals surface area contributed by atoms with Crippen LogP contribution in [-0.2, 0) is 9.53 Å². The molecule has 0 saturated carbocycles. The van der Waals surface area contributed by atoms with Crippen molar-refractivity contribution in [2.24, 2.45) is 4.99 Å². The lowest BCUT2D eigenvalue weighted by Gasteiger charge is -2.26. The number of rotatable bonds is 9. The number of carbonyl (C=O) groups is 1. The van der Waals surface area contributed by atoms with Crippen LogP contribution in [0, 0.1) is 7.14 Å². The number of hydrogen-bond acceptors (Lipinski definition) is 7. The molecule has 0 aliphatic carbocycles. The fourth-order valence-corrected chi connectivity index (χ4v) is 7.42. The number of fused-ring (bicyclic) bond motifs is 1. The minimum atomic E-state index is -0.743. The Bertz CT molecular complexity index is 1610. The summed E-state index contributed by atoms with van der Waals surface area (Å²) in [5.41, 5.74) is 2.15. The number of thiazole rings is 1. The molecule has 2 heterocycles. The number of halogens is 2. The molecule has 7 nitrogen and oxygen atoms in total. The molecular weight excluding hydrogens is 742 g/mol. The van der Waals surface area contributed by atoms with E-state index < -0.39 is 12.0 Å². The Hall–Kier alpha value is -2.45. The third-order valence-electron chi connectivity index (χ3n) is 5.76. The second-order valence-electron chi connectivity index (χ2n) is 8.92. The summed E-state index contributed by atoms with van der Waals surface area (Å²) < 4.78 is 21.2. The second-order valence-corrected chi connectivity index (χ2v) is 12.3. The summed E-state index contributed by atoms with van der Waals surface area (Å²) in [6.45, 7) is 11.7. The fraction of sp³-hybridized carbons (Fsp3) is 0.276. The van der Waals surface area contributed by atoms with Crippen LogP contribution in [0.4, 0.5) is 0 Å². The van der Waals surface area contributed by atoms with Gasteiger partial charge in [0.15, 0.2) is 4.80 Å². The van der Waals surface area contributed by atoms with Gasteiger partial charge in [-0.1, -0.05) is 42.2 Å². The Labute approximate surface area is 258 Å². The van der Waals surface area contributed by atoms with Crippen LogP contribution >= 0.6 is 56.5 Å². The number of esters is 1. The van der Waals surface area contributed by atoms with E-state index in [1.165, 1.54) is 11.3 Å². The highest BCUT2D eigenvalue weighted by atomic mass is 127. The van der Waals surface area contributed by atoms with E-state index in [0.717, 1.165) is 18.5 Å². The van der Waals surface area contributed by atoms with Gasteiger partial charge in [-0.2, -0.15) is 0 Å². The summed E-state index contributed by atoms with van der Waals surface area (Å²) in [4.78, 5) is 32.4. The van der Waals surface area contributed by atoms with Gasteiger partial charge in [-0.15, -0.1) is 0 Å². The molecule has 2 aromatic carbocycles. The van der Waals surface area contributed by atoms with Crippen molar-refractivity contribution < 1.29 is 19.0 Å². The zero-order valence-corrected chi connectivity index (χ0v) is 27.1. The van der Waals surface area contributed by atoms with Crippen LogP contribution in [0.25, 0.3) is 6.08 Å². The van der Waals surface area contributed by atoms with Gasteiger partial charge < -0.3 is 14.2 Å². The standard InChI is InChI=1S/C29H28I2N2O5S/c1-6-12-37-26-20(30)13-18(14-21(26)31)15-23-27(34)33-25(19-10-8-9-11-22(19)38-16(3)4)24(28(35)36-7-2)17(5)32-29(33)39-23/h6,8-11,13-16,25H,1,7,12H2,2-5H3/b23-15+/t25-/m1/s1. The molecule has 1 aliphatic heterocycles. The van der Waals surface area contributed by atoms with Crippen LogP contribution in [-0.4, -0.2) is 29.9 Å². The molecule has 0 N–H and O–H groups in total. The number of aromatic nitrogens is 1. The van der Waals surface area contributed by atoms with Crippen molar-refractivity contribution in [3.63, 3.8) is 0 Å². The Balaban J connectivity index is 1.93. The number of para-hydroxylation sites is 1. The predicted octanol–water partition coefficient (Wildman–Crippen LogP) is 5.36. The summed E-state index contributed by atoms with van der Waals surface area (Å²) in [6.07, 6.45) is 3.46. The van der Waals surface area contributed by atoms with E-state index in [2.05, 4.69) is 56.8 Å². The van der Waals surface area contributed by atoms with Crippen molar-refractivity contribution in [3.8, 4) is 11.5 Å². The highest BCUT2D eigenvalue weighted by Crippen LogP contribution is 2.36. The van der Waals surface area contributed by atoms with Gasteiger partial charge in [-0.3, -0.25) is 9.36 Å². The zero-order valence-electron chi connectivity index (χ0n) is 22.0. The van der Waals surface area contributed by atoms with Crippen LogP contribution in [0.2, 0.25) is 0 Å². The average Bonchev–Trinajstić information content (AvgIpc) is 3.17. The number of nitrogens with zero attached hydrogens (tertiary/aromatic N) is 2. The molecule has 0 spiro atoms. The Morgan fingerprint density at radius 2 is 1.92 bits per heavy atom. The molecule has 3 aromatic rings. The minimum Gasteiger partial charge on any atom is -0.491 e. The average molecular weight is 770 g/mol. The maximum Gasteiger partial charge on any atom is 0.338 e. The third kappa shape index (κ3) is 6.32. The summed E-state index contributed by atoms with van der Waals surface area (Å²) in [5.74, 6) is 0.880. The van der Waals surface area contributed by atoms with Crippen LogP contribution in [0.15, 0.2) is 70.1 Å². The highest BCUT2D eigenvalue weighted by Gasteiger charge is 2.35. The Kier molecular flexibility index (Phi) is 9.70. The number of hydrogen-bond donors (Lipinski definition) is 0. The van der Waals surface area contributed by atoms with Crippen molar-refractivity contribution in [1.82, 2.24) is 4.57 Å². The van der Waals surface area contributed by atoms with E-state index in [0.29, 0.717) is 38.5 Å². The maximum atomic E-state index is 14.0. The first kappa shape index (κ1) is 29.5. The smallest absolute Gasteiger partial charge is 0.338 e. The minimum absolute atomic E-state index is 0.0958. The summed E-state index contributed by atoms with van der Waals surface area (Å²) in [5, 5.41) is 0. The van der Waals surface area contributed by atoms with Crippen molar-refractivity contribution in [2.75, 3.05) is 13.2 Å². The molecule has 0 fully saturated rings. The molecule has 0 amide bonds. The van der Waals surface area contributed by atoms with Crippen molar-refractivity contribution in [2.45, 2.75) is 39.8 Å². The van der Waals surface area contributed by atoms with E-state index in [1.807, 2.05) is 56.3 Å². The largest absolute Gasteiger partial charge is 0.491 e. The molecule has 4 rings (SSSR count). The van der Waals surface area contributed by atoms with Gasteiger partial charge in [0.1, 0.15) is 24.1 Å². The maximum absolute atomic E-state index is 14.0. The molecule has 39 heavy (non-hydrogen) atoms. The molecule has 1 aliphatic rings. The quantitative estimate of drug-likeness (QED) is 0.167. The molecule has 204 valence electrons. The lowest BCUT2D eigenvalue weighted by molar-refractivity contribution is -0.139. The van der Waals surface area contributed by atoms with Gasteiger partial charge in [-0.05, 0) is 103 Å². The third-order valence-corrected chi connectivity index (χ3v) is 8.34. The molecule has 0 saturated heterocycles. The second kappa shape index (κ2) is 12.8. The van der Waals surface area contributed by atoms with Gasteiger partial charge in [-0.25, -0.2) is 9.79 Å². The van der Waals surface area contributed by atoms with Crippen LogP contribution in [0.5, 0.6) is 11.5 Å². The molecular formula is C29H28I2N2O5S. The number of carbonyl (C=O) groups excluding carboxylic acids is 1. The SMILES string of the molecule is C=CCOc1c(I)cc(/C=c2/sc3n(c2=O)[C@H](c2ccccc2OC(C)C)C(C(=O)OCC)=C(C)N=3)cc1I. The van der Waals surface area contributed by atoms with Crippen molar-refractivity contribution >= 4 is 68.6 Å².